The molecule has 3 rings (SSSR count). The molecule has 0 unspecified atom stereocenters. The average Bonchev–Trinajstić information content (AvgIpc) is 2.68. The number of esters is 1. The van der Waals surface area contributed by atoms with Crippen LogP contribution in [0.25, 0.3) is 0 Å². The maximum absolute atomic E-state index is 13.2. The monoisotopic (exact) mass is 414 g/mol. The number of nitrogens with zero attached hydrogens (tertiary/aromatic N) is 1. The lowest BCUT2D eigenvalue weighted by atomic mass is 9.95. The number of benzene rings is 2. The second-order valence-corrected chi connectivity index (χ2v) is 8.55. The highest BCUT2D eigenvalue weighted by atomic mass is 32.2. The molecule has 0 fully saturated rings. The van der Waals surface area contributed by atoms with E-state index in [1.165, 1.54) is 24.1 Å². The summed E-state index contributed by atoms with van der Waals surface area (Å²) in [5.74, 6) is -1.61. The lowest BCUT2D eigenvalue weighted by Crippen LogP contribution is -2.60. The predicted molar refractivity (Wildman–Crippen MR) is 110 cm³/mol. The van der Waals surface area contributed by atoms with Gasteiger partial charge in [-0.1, -0.05) is 24.3 Å². The van der Waals surface area contributed by atoms with Gasteiger partial charge in [0.1, 0.15) is 5.54 Å². The van der Waals surface area contributed by atoms with E-state index >= 15 is 0 Å². The first-order chi connectivity index (χ1) is 13.6. The second-order valence-electron chi connectivity index (χ2n) is 7.20. The fourth-order valence-electron chi connectivity index (χ4n) is 3.19. The zero-order valence-corrected chi connectivity index (χ0v) is 17.4. The molecule has 0 aromatic heterocycles. The van der Waals surface area contributed by atoms with E-state index in [2.05, 4.69) is 5.32 Å². The van der Waals surface area contributed by atoms with E-state index in [9.17, 15) is 18.6 Å². The predicted octanol–water partition coefficient (Wildman–Crippen LogP) is 2.73. The lowest BCUT2D eigenvalue weighted by Gasteiger charge is -2.42. The quantitative estimate of drug-likeness (QED) is 0.777. The molecule has 0 spiro atoms. The Hall–Kier alpha value is -3.00. The van der Waals surface area contributed by atoms with Gasteiger partial charge in [0, 0.05) is 6.26 Å². The Morgan fingerprint density at radius 2 is 1.72 bits per heavy atom. The molecule has 0 saturated carbocycles. The van der Waals surface area contributed by atoms with Gasteiger partial charge in [0.05, 0.1) is 32.6 Å². The highest BCUT2D eigenvalue weighted by Crippen LogP contribution is 2.37. The first kappa shape index (κ1) is 20.7. The summed E-state index contributed by atoms with van der Waals surface area (Å²) in [5.41, 5.74) is 0.00841. The number of fused-ring (bicyclic) bond motifs is 1. The average molecular weight is 414 g/mol. The minimum Gasteiger partial charge on any atom is -0.449 e. The first-order valence-electron chi connectivity index (χ1n) is 9.02. The zero-order valence-electron chi connectivity index (χ0n) is 16.6. The Kier molecular flexibility index (Phi) is 5.57. The molecule has 1 N–H and O–H groups in total. The van der Waals surface area contributed by atoms with Gasteiger partial charge in [-0.2, -0.15) is 0 Å². The van der Waals surface area contributed by atoms with Gasteiger partial charge in [-0.3, -0.25) is 18.7 Å². The van der Waals surface area contributed by atoms with Crippen LogP contribution in [0.3, 0.4) is 0 Å². The normalized spacial score (nSPS) is 17.0. The number of hydrogen-bond donors (Lipinski definition) is 1. The number of ether oxygens (including phenoxy) is 1. The Labute approximate surface area is 171 Å². The molecule has 1 aliphatic heterocycles. The van der Waals surface area contributed by atoms with Crippen molar-refractivity contribution in [2.24, 2.45) is 0 Å². The van der Waals surface area contributed by atoms with E-state index in [0.717, 1.165) is 0 Å². The van der Waals surface area contributed by atoms with E-state index in [0.29, 0.717) is 16.3 Å². The molecule has 1 aliphatic rings. The first-order valence-corrected chi connectivity index (χ1v) is 10.6. The van der Waals surface area contributed by atoms with Crippen LogP contribution in [0.5, 0.6) is 0 Å². The van der Waals surface area contributed by atoms with Crippen LogP contribution in [0.2, 0.25) is 0 Å². The maximum atomic E-state index is 13.2. The van der Waals surface area contributed by atoms with Crippen molar-refractivity contribution < 1.29 is 23.3 Å². The molecule has 2 aromatic rings. The molecule has 8 heteroatoms. The minimum atomic E-state index is -1.39. The molecule has 0 bridgehead atoms. The van der Waals surface area contributed by atoms with Gasteiger partial charge in [0.2, 0.25) is 5.91 Å². The Balaban J connectivity index is 1.89. The van der Waals surface area contributed by atoms with Crippen LogP contribution in [-0.4, -0.2) is 39.9 Å². The number of carbonyl (C=O) groups excluding carboxylic acids is 3. The molecular formula is C21H22N2O5S. The summed E-state index contributed by atoms with van der Waals surface area (Å²) in [5, 5.41) is 2.79. The van der Waals surface area contributed by atoms with E-state index in [1.807, 2.05) is 0 Å². The topological polar surface area (TPSA) is 92.8 Å². The highest BCUT2D eigenvalue weighted by Gasteiger charge is 2.45. The molecule has 1 heterocycles. The van der Waals surface area contributed by atoms with Gasteiger partial charge in [-0.05, 0) is 45.0 Å². The van der Waals surface area contributed by atoms with Crippen LogP contribution >= 0.6 is 0 Å². The van der Waals surface area contributed by atoms with Gasteiger partial charge < -0.3 is 10.1 Å². The van der Waals surface area contributed by atoms with Crippen molar-refractivity contribution in [3.63, 3.8) is 0 Å². The van der Waals surface area contributed by atoms with Crippen molar-refractivity contribution in [3.05, 3.63) is 54.1 Å². The summed E-state index contributed by atoms with van der Waals surface area (Å²) in [6.07, 6.45) is 0.311. The number of hydrogen-bond acceptors (Lipinski definition) is 5. The van der Waals surface area contributed by atoms with Crippen LogP contribution in [0, 0.1) is 0 Å². The molecule has 2 aromatic carbocycles. The maximum Gasteiger partial charge on any atom is 0.340 e. The minimum absolute atomic E-state index is 0.143. The van der Waals surface area contributed by atoms with Crippen molar-refractivity contribution in [2.45, 2.75) is 37.3 Å². The fraction of sp³-hybridized carbons (Fsp3) is 0.286. The molecule has 2 atom stereocenters. The molecule has 29 heavy (non-hydrogen) atoms. The Morgan fingerprint density at radius 1 is 1.10 bits per heavy atom. The number of amides is 2. The van der Waals surface area contributed by atoms with E-state index < -0.39 is 34.3 Å². The number of carbonyl (C=O) groups is 3. The number of rotatable bonds is 4. The summed E-state index contributed by atoms with van der Waals surface area (Å²) in [4.78, 5) is 40.1. The van der Waals surface area contributed by atoms with Crippen molar-refractivity contribution in [2.75, 3.05) is 16.5 Å². The lowest BCUT2D eigenvalue weighted by molar-refractivity contribution is -0.131. The molecule has 2 amide bonds. The van der Waals surface area contributed by atoms with Crippen LogP contribution < -0.4 is 10.2 Å². The summed E-state index contributed by atoms with van der Waals surface area (Å²) in [7, 11) is -1.39. The third-order valence-electron chi connectivity index (χ3n) is 4.78. The number of nitrogens with one attached hydrogen (secondary N) is 1. The zero-order chi connectivity index (χ0) is 21.3. The molecule has 152 valence electrons. The third-order valence-corrected chi connectivity index (χ3v) is 5.75. The summed E-state index contributed by atoms with van der Waals surface area (Å²) >= 11 is 0. The smallest absolute Gasteiger partial charge is 0.340 e. The third kappa shape index (κ3) is 3.80. The Morgan fingerprint density at radius 3 is 2.41 bits per heavy atom. The fourth-order valence-corrected chi connectivity index (χ4v) is 3.92. The van der Waals surface area contributed by atoms with Gasteiger partial charge >= 0.3 is 5.97 Å². The number of anilines is 2. The van der Waals surface area contributed by atoms with E-state index in [4.69, 9.17) is 4.74 Å². The Bertz CT molecular complexity index is 1020. The van der Waals surface area contributed by atoms with Crippen LogP contribution in [0.15, 0.2) is 53.4 Å². The summed E-state index contributed by atoms with van der Waals surface area (Å²) < 4.78 is 17.3. The summed E-state index contributed by atoms with van der Waals surface area (Å²) in [6, 6.07) is 13.3. The largest absolute Gasteiger partial charge is 0.449 e. The molecular weight excluding hydrogens is 392 g/mol. The van der Waals surface area contributed by atoms with Crippen LogP contribution in [0.4, 0.5) is 11.4 Å². The van der Waals surface area contributed by atoms with Crippen LogP contribution in [0.1, 0.15) is 31.1 Å². The van der Waals surface area contributed by atoms with Gasteiger partial charge in [0.25, 0.3) is 5.91 Å². The van der Waals surface area contributed by atoms with Gasteiger partial charge in [0.15, 0.2) is 6.10 Å². The van der Waals surface area contributed by atoms with E-state index in [-0.39, 0.29) is 11.5 Å². The van der Waals surface area contributed by atoms with Crippen LogP contribution in [-0.2, 0) is 25.1 Å². The van der Waals surface area contributed by atoms with E-state index in [1.54, 1.807) is 56.3 Å². The van der Waals surface area contributed by atoms with Gasteiger partial charge in [-0.15, -0.1) is 0 Å². The van der Waals surface area contributed by atoms with Crippen molar-refractivity contribution >= 4 is 40.0 Å². The molecule has 0 aliphatic carbocycles. The van der Waals surface area contributed by atoms with Crippen molar-refractivity contribution in [1.29, 1.82) is 0 Å². The van der Waals surface area contributed by atoms with Crippen molar-refractivity contribution in [3.8, 4) is 0 Å². The highest BCUT2D eigenvalue weighted by molar-refractivity contribution is 7.84. The SMILES string of the molecule is C[C@@H](OC(=O)c1ccccc1[S@](C)=O)C(=O)N1c2ccccc2NC(=O)C1(C)C. The van der Waals surface area contributed by atoms with Gasteiger partial charge in [-0.25, -0.2) is 4.79 Å². The standard InChI is InChI=1S/C21H22N2O5S/c1-13(28-19(25)14-9-5-8-12-17(14)29(4)27)18(24)23-16-11-7-6-10-15(16)22-20(26)21(23,2)3/h5-13H,1-4H3,(H,22,26)/t13-,29+/m1/s1. The molecule has 0 saturated heterocycles. The molecule has 0 radical (unpaired) electrons. The second kappa shape index (κ2) is 7.79. The molecule has 7 nitrogen and oxygen atoms in total. The summed E-state index contributed by atoms with van der Waals surface area (Å²) in [6.45, 7) is 4.71. The van der Waals surface area contributed by atoms with Crippen molar-refractivity contribution in [1.82, 2.24) is 0 Å². The number of para-hydroxylation sites is 2.